The Balaban J connectivity index is 2.68. The summed E-state index contributed by atoms with van der Waals surface area (Å²) in [7, 11) is 0. The van der Waals surface area contributed by atoms with E-state index in [0.717, 1.165) is 6.42 Å². The van der Waals surface area contributed by atoms with Crippen molar-refractivity contribution in [2.45, 2.75) is 26.3 Å². The number of para-hydroxylation sites is 1. The second-order valence-electron chi connectivity index (χ2n) is 4.47. The van der Waals surface area contributed by atoms with Crippen molar-refractivity contribution >= 4 is 21.8 Å². The first kappa shape index (κ1) is 14.0. The van der Waals surface area contributed by atoms with E-state index in [1.807, 2.05) is 0 Å². The molecule has 0 saturated carbocycles. The molecule has 1 aromatic rings. The Hall–Kier alpha value is -1.03. The molecule has 0 fully saturated rings. The molecule has 0 spiro atoms. The monoisotopic (exact) mass is 299 g/mol. The molecule has 1 amide bonds. The third-order valence-corrected chi connectivity index (χ3v) is 3.21. The van der Waals surface area contributed by atoms with Crippen LogP contribution in [0.3, 0.4) is 0 Å². The van der Waals surface area contributed by atoms with Gasteiger partial charge in [-0.15, -0.1) is 0 Å². The molecule has 1 rings (SSSR count). The maximum absolute atomic E-state index is 11.9. The number of aromatic hydroxyl groups is 1. The number of halogens is 1. The van der Waals surface area contributed by atoms with Crippen LogP contribution in [0.4, 0.5) is 0 Å². The number of phenolic OH excluding ortho intramolecular Hbond substituents is 1. The predicted octanol–water partition coefficient (Wildman–Crippen LogP) is 2.93. The van der Waals surface area contributed by atoms with Crippen molar-refractivity contribution in [3.8, 4) is 5.75 Å². The zero-order valence-corrected chi connectivity index (χ0v) is 11.7. The highest BCUT2D eigenvalue weighted by atomic mass is 79.9. The highest BCUT2D eigenvalue weighted by Crippen LogP contribution is 2.16. The molecule has 3 nitrogen and oxygen atoms in total. The van der Waals surface area contributed by atoms with Crippen molar-refractivity contribution in [2.75, 3.05) is 5.33 Å². The zero-order chi connectivity index (χ0) is 12.8. The standard InChI is InChI=1S/C13H18BrNO2/c1-9(2)7-10(8-14)15-13(17)11-5-3-4-6-12(11)16/h3-6,9-10,16H,7-8H2,1-2H3,(H,15,17). The van der Waals surface area contributed by atoms with E-state index in [1.54, 1.807) is 18.2 Å². The first-order valence-electron chi connectivity index (χ1n) is 5.69. The van der Waals surface area contributed by atoms with Crippen LogP contribution >= 0.6 is 15.9 Å². The quantitative estimate of drug-likeness (QED) is 0.821. The molecule has 4 heteroatoms. The van der Waals surface area contributed by atoms with Gasteiger partial charge in [-0.25, -0.2) is 0 Å². The van der Waals surface area contributed by atoms with Crippen molar-refractivity contribution < 1.29 is 9.90 Å². The van der Waals surface area contributed by atoms with E-state index in [-0.39, 0.29) is 17.7 Å². The van der Waals surface area contributed by atoms with Crippen LogP contribution in [0, 0.1) is 5.92 Å². The Bertz CT molecular complexity index is 379. The minimum absolute atomic E-state index is 0.0165. The van der Waals surface area contributed by atoms with E-state index in [2.05, 4.69) is 35.1 Å². The first-order chi connectivity index (χ1) is 8.04. The van der Waals surface area contributed by atoms with Gasteiger partial charge in [-0.3, -0.25) is 4.79 Å². The van der Waals surface area contributed by atoms with Gasteiger partial charge in [-0.05, 0) is 24.5 Å². The molecule has 0 saturated heterocycles. The second kappa shape index (κ2) is 6.64. The largest absolute Gasteiger partial charge is 0.507 e. The summed E-state index contributed by atoms with van der Waals surface area (Å²) in [6, 6.07) is 6.65. The number of phenols is 1. The number of nitrogens with one attached hydrogen (secondary N) is 1. The number of hydrogen-bond donors (Lipinski definition) is 2. The molecule has 0 aliphatic rings. The van der Waals surface area contributed by atoms with Gasteiger partial charge in [0.1, 0.15) is 5.75 Å². The van der Waals surface area contributed by atoms with Gasteiger partial charge in [0.2, 0.25) is 0 Å². The predicted molar refractivity (Wildman–Crippen MR) is 72.6 cm³/mol. The minimum atomic E-state index is -0.229. The lowest BCUT2D eigenvalue weighted by Crippen LogP contribution is -2.37. The van der Waals surface area contributed by atoms with E-state index in [1.165, 1.54) is 6.07 Å². The summed E-state index contributed by atoms with van der Waals surface area (Å²) in [6.45, 7) is 4.23. The summed E-state index contributed by atoms with van der Waals surface area (Å²) in [4.78, 5) is 11.9. The number of carbonyl (C=O) groups is 1. The minimum Gasteiger partial charge on any atom is -0.507 e. The third-order valence-electron chi connectivity index (χ3n) is 2.43. The van der Waals surface area contributed by atoms with E-state index >= 15 is 0 Å². The first-order valence-corrected chi connectivity index (χ1v) is 6.81. The van der Waals surface area contributed by atoms with Crippen LogP contribution in [0.1, 0.15) is 30.6 Å². The molecule has 2 N–H and O–H groups in total. The summed E-state index contributed by atoms with van der Waals surface area (Å²) in [5, 5.41) is 13.2. The molecule has 1 unspecified atom stereocenters. The second-order valence-corrected chi connectivity index (χ2v) is 5.12. The van der Waals surface area contributed by atoms with Gasteiger partial charge >= 0.3 is 0 Å². The molecule has 0 aliphatic carbocycles. The number of rotatable bonds is 5. The van der Waals surface area contributed by atoms with Gasteiger partial charge in [-0.1, -0.05) is 41.9 Å². The van der Waals surface area contributed by atoms with E-state index < -0.39 is 0 Å². The van der Waals surface area contributed by atoms with Gasteiger partial charge in [0.25, 0.3) is 5.91 Å². The molecular formula is C13H18BrNO2. The molecule has 0 aromatic heterocycles. The maximum Gasteiger partial charge on any atom is 0.255 e. The number of alkyl halides is 1. The fraction of sp³-hybridized carbons (Fsp3) is 0.462. The molecule has 1 atom stereocenters. The summed E-state index contributed by atoms with van der Waals surface area (Å²) in [5.41, 5.74) is 0.321. The SMILES string of the molecule is CC(C)CC(CBr)NC(=O)c1ccccc1O. The highest BCUT2D eigenvalue weighted by Gasteiger charge is 2.16. The Morgan fingerprint density at radius 2 is 2.06 bits per heavy atom. The van der Waals surface area contributed by atoms with Crippen LogP contribution < -0.4 is 5.32 Å². The number of amides is 1. The molecule has 17 heavy (non-hydrogen) atoms. The molecule has 1 aromatic carbocycles. The van der Waals surface area contributed by atoms with Crippen molar-refractivity contribution in [2.24, 2.45) is 5.92 Å². The summed E-state index contributed by atoms with van der Waals surface area (Å²) in [6.07, 6.45) is 0.907. The van der Waals surface area contributed by atoms with Crippen molar-refractivity contribution in [3.05, 3.63) is 29.8 Å². The average Bonchev–Trinajstić information content (AvgIpc) is 2.27. The third kappa shape index (κ3) is 4.38. The Kier molecular flexibility index (Phi) is 5.48. The lowest BCUT2D eigenvalue weighted by molar-refractivity contribution is 0.0934. The fourth-order valence-electron chi connectivity index (χ4n) is 1.66. The summed E-state index contributed by atoms with van der Waals surface area (Å²) < 4.78 is 0. The van der Waals surface area contributed by atoms with Crippen LogP contribution in [0.15, 0.2) is 24.3 Å². The topological polar surface area (TPSA) is 49.3 Å². The fourth-order valence-corrected chi connectivity index (χ4v) is 2.08. The normalized spacial score (nSPS) is 12.5. The van der Waals surface area contributed by atoms with Gasteiger partial charge in [0, 0.05) is 11.4 Å². The van der Waals surface area contributed by atoms with E-state index in [4.69, 9.17) is 0 Å². The van der Waals surface area contributed by atoms with Crippen molar-refractivity contribution in [3.63, 3.8) is 0 Å². The molecule has 0 radical (unpaired) electrons. The van der Waals surface area contributed by atoms with E-state index in [0.29, 0.717) is 16.8 Å². The number of hydrogen-bond acceptors (Lipinski definition) is 2. The van der Waals surface area contributed by atoms with Gasteiger partial charge in [-0.2, -0.15) is 0 Å². The van der Waals surface area contributed by atoms with Gasteiger partial charge in [0.15, 0.2) is 0 Å². The van der Waals surface area contributed by atoms with Crippen LogP contribution in [0.25, 0.3) is 0 Å². The average molecular weight is 300 g/mol. The van der Waals surface area contributed by atoms with Gasteiger partial charge in [0.05, 0.1) is 5.56 Å². The van der Waals surface area contributed by atoms with Gasteiger partial charge < -0.3 is 10.4 Å². The molecular weight excluding hydrogens is 282 g/mol. The molecule has 94 valence electrons. The molecule has 0 bridgehead atoms. The lowest BCUT2D eigenvalue weighted by atomic mass is 10.0. The Morgan fingerprint density at radius 1 is 1.41 bits per heavy atom. The summed E-state index contributed by atoms with van der Waals surface area (Å²) in [5.74, 6) is 0.304. The van der Waals surface area contributed by atoms with E-state index in [9.17, 15) is 9.90 Å². The van der Waals surface area contributed by atoms with Crippen LogP contribution in [-0.4, -0.2) is 22.4 Å². The zero-order valence-electron chi connectivity index (χ0n) is 10.1. The molecule has 0 aliphatic heterocycles. The Labute approximate surface area is 110 Å². The van der Waals surface area contributed by atoms with Crippen LogP contribution in [0.5, 0.6) is 5.75 Å². The van der Waals surface area contributed by atoms with Crippen molar-refractivity contribution in [1.29, 1.82) is 0 Å². The number of carbonyl (C=O) groups excluding carboxylic acids is 1. The van der Waals surface area contributed by atoms with Crippen LogP contribution in [-0.2, 0) is 0 Å². The Morgan fingerprint density at radius 3 is 2.59 bits per heavy atom. The lowest BCUT2D eigenvalue weighted by Gasteiger charge is -2.18. The number of benzene rings is 1. The smallest absolute Gasteiger partial charge is 0.255 e. The maximum atomic E-state index is 11.9. The molecule has 0 heterocycles. The highest BCUT2D eigenvalue weighted by molar-refractivity contribution is 9.09. The van der Waals surface area contributed by atoms with Crippen LogP contribution in [0.2, 0.25) is 0 Å². The van der Waals surface area contributed by atoms with Crippen molar-refractivity contribution in [1.82, 2.24) is 5.32 Å². The summed E-state index contributed by atoms with van der Waals surface area (Å²) >= 11 is 3.39.